The van der Waals surface area contributed by atoms with Crippen molar-refractivity contribution in [1.82, 2.24) is 0 Å². The first-order valence-electron chi connectivity index (χ1n) is 17.5. The summed E-state index contributed by atoms with van der Waals surface area (Å²) in [5.74, 6) is -1.17. The molecule has 0 spiro atoms. The molecule has 0 bridgehead atoms. The first-order valence-corrected chi connectivity index (χ1v) is 17.5. The van der Waals surface area contributed by atoms with E-state index in [4.69, 9.17) is 18.9 Å². The highest BCUT2D eigenvalue weighted by Crippen LogP contribution is 2.41. The predicted molar refractivity (Wildman–Crippen MR) is 179 cm³/mol. The van der Waals surface area contributed by atoms with Crippen LogP contribution in [-0.4, -0.2) is 43.0 Å². The molecule has 0 radical (unpaired) electrons. The Morgan fingerprint density at radius 1 is 0.783 bits per heavy atom. The van der Waals surface area contributed by atoms with Crippen molar-refractivity contribution in [3.8, 4) is 23.0 Å². The van der Waals surface area contributed by atoms with E-state index in [1.54, 1.807) is 24.3 Å². The van der Waals surface area contributed by atoms with Crippen molar-refractivity contribution in [2.75, 3.05) is 20.8 Å². The number of aromatic hydroxyl groups is 2. The van der Waals surface area contributed by atoms with Gasteiger partial charge >= 0.3 is 11.9 Å². The van der Waals surface area contributed by atoms with Crippen LogP contribution in [0.1, 0.15) is 127 Å². The quantitative estimate of drug-likeness (QED) is 0.0914. The number of rotatable bonds is 23. The molecule has 0 saturated carbocycles. The average Bonchev–Trinajstić information content (AvgIpc) is 3.41. The number of esters is 2. The minimum atomic E-state index is -0.770. The summed E-state index contributed by atoms with van der Waals surface area (Å²) in [6, 6.07) is 9.79. The lowest BCUT2D eigenvalue weighted by Crippen LogP contribution is -2.28. The number of hydrogen-bond donors (Lipinski definition) is 2. The topological polar surface area (TPSA) is 112 Å². The molecule has 8 nitrogen and oxygen atoms in total. The highest BCUT2D eigenvalue weighted by molar-refractivity contribution is 5.76. The van der Waals surface area contributed by atoms with E-state index >= 15 is 0 Å². The number of benzene rings is 2. The van der Waals surface area contributed by atoms with Crippen LogP contribution in [0.3, 0.4) is 0 Å². The zero-order valence-corrected chi connectivity index (χ0v) is 28.3. The lowest BCUT2D eigenvalue weighted by atomic mass is 9.82. The Labute approximate surface area is 275 Å². The fourth-order valence-electron chi connectivity index (χ4n) is 6.33. The normalized spacial score (nSPS) is 16.6. The van der Waals surface area contributed by atoms with Gasteiger partial charge in [0.15, 0.2) is 23.0 Å². The first-order chi connectivity index (χ1) is 22.4. The molecule has 1 aliphatic rings. The SMILES string of the molecule is CCCCCCCCCCCCCCCCCC(=O)O[C@H](c1ccc(O)c(OC)c1)[C@H]1COC(=O)[C@@H]1Cc1ccc(O)c(OC)c1. The molecule has 46 heavy (non-hydrogen) atoms. The lowest BCUT2D eigenvalue weighted by Gasteiger charge is -2.27. The molecule has 2 aromatic rings. The van der Waals surface area contributed by atoms with Crippen LogP contribution < -0.4 is 9.47 Å². The molecule has 0 aliphatic carbocycles. The van der Waals surface area contributed by atoms with Crippen LogP contribution in [0.2, 0.25) is 0 Å². The molecule has 2 N–H and O–H groups in total. The third kappa shape index (κ3) is 12.1. The maximum Gasteiger partial charge on any atom is 0.309 e. The van der Waals surface area contributed by atoms with E-state index in [2.05, 4.69) is 6.92 Å². The number of unbranched alkanes of at least 4 members (excludes halogenated alkanes) is 14. The van der Waals surface area contributed by atoms with Crippen molar-refractivity contribution in [2.24, 2.45) is 11.8 Å². The largest absolute Gasteiger partial charge is 0.504 e. The van der Waals surface area contributed by atoms with Crippen LogP contribution in [0.25, 0.3) is 0 Å². The zero-order chi connectivity index (χ0) is 33.1. The highest BCUT2D eigenvalue weighted by atomic mass is 16.6. The summed E-state index contributed by atoms with van der Waals surface area (Å²) in [6.07, 6.45) is 18.6. The van der Waals surface area contributed by atoms with Crippen LogP contribution in [-0.2, 0) is 25.5 Å². The second-order valence-corrected chi connectivity index (χ2v) is 12.7. The van der Waals surface area contributed by atoms with Gasteiger partial charge in [0.2, 0.25) is 0 Å². The van der Waals surface area contributed by atoms with Gasteiger partial charge in [-0.05, 0) is 48.2 Å². The molecule has 1 fully saturated rings. The number of cyclic esters (lactones) is 1. The van der Waals surface area contributed by atoms with Gasteiger partial charge < -0.3 is 29.2 Å². The van der Waals surface area contributed by atoms with Crippen LogP contribution in [0.5, 0.6) is 23.0 Å². The van der Waals surface area contributed by atoms with Gasteiger partial charge in [-0.1, -0.05) is 109 Å². The van der Waals surface area contributed by atoms with E-state index in [0.717, 1.165) is 24.8 Å². The molecular weight excluding hydrogens is 584 g/mol. The van der Waals surface area contributed by atoms with Crippen LogP contribution in [0, 0.1) is 11.8 Å². The monoisotopic (exact) mass is 640 g/mol. The van der Waals surface area contributed by atoms with Crippen molar-refractivity contribution in [1.29, 1.82) is 0 Å². The predicted octanol–water partition coefficient (Wildman–Crippen LogP) is 8.99. The molecule has 1 saturated heterocycles. The van der Waals surface area contributed by atoms with Gasteiger partial charge in [0, 0.05) is 12.3 Å². The van der Waals surface area contributed by atoms with Crippen molar-refractivity contribution in [3.63, 3.8) is 0 Å². The van der Waals surface area contributed by atoms with E-state index in [1.807, 2.05) is 0 Å². The lowest BCUT2D eigenvalue weighted by molar-refractivity contribution is -0.153. The summed E-state index contributed by atoms with van der Waals surface area (Å²) < 4.78 is 22.1. The van der Waals surface area contributed by atoms with Crippen molar-refractivity contribution < 1.29 is 38.7 Å². The first kappa shape index (κ1) is 37.0. The van der Waals surface area contributed by atoms with Crippen molar-refractivity contribution >= 4 is 11.9 Å². The summed E-state index contributed by atoms with van der Waals surface area (Å²) in [5.41, 5.74) is 1.41. The second kappa shape index (κ2) is 20.7. The van der Waals surface area contributed by atoms with Gasteiger partial charge in [-0.15, -0.1) is 0 Å². The minimum Gasteiger partial charge on any atom is -0.504 e. The van der Waals surface area contributed by atoms with E-state index in [9.17, 15) is 19.8 Å². The molecule has 0 amide bonds. The fourth-order valence-corrected chi connectivity index (χ4v) is 6.33. The molecule has 3 atom stereocenters. The van der Waals surface area contributed by atoms with Crippen LogP contribution in [0.15, 0.2) is 36.4 Å². The van der Waals surface area contributed by atoms with E-state index in [1.165, 1.54) is 103 Å². The Hall–Kier alpha value is -3.42. The number of methoxy groups -OCH3 is 2. The summed E-state index contributed by atoms with van der Waals surface area (Å²) in [7, 11) is 2.93. The third-order valence-corrected chi connectivity index (χ3v) is 9.10. The fraction of sp³-hybridized carbons (Fsp3) is 0.632. The van der Waals surface area contributed by atoms with E-state index < -0.39 is 17.9 Å². The number of ether oxygens (including phenoxy) is 4. The van der Waals surface area contributed by atoms with Crippen LogP contribution >= 0.6 is 0 Å². The summed E-state index contributed by atoms with van der Waals surface area (Å²) >= 11 is 0. The Kier molecular flexibility index (Phi) is 16.6. The molecule has 8 heteroatoms. The maximum absolute atomic E-state index is 13.1. The van der Waals surface area contributed by atoms with Gasteiger partial charge in [-0.25, -0.2) is 0 Å². The molecule has 3 rings (SSSR count). The molecule has 0 unspecified atom stereocenters. The number of phenolic OH excluding ortho intramolecular Hbond substituents is 2. The van der Waals surface area contributed by atoms with E-state index in [-0.39, 0.29) is 35.8 Å². The highest BCUT2D eigenvalue weighted by Gasteiger charge is 2.44. The number of carbonyl (C=O) groups is 2. The Morgan fingerprint density at radius 2 is 1.30 bits per heavy atom. The molecule has 256 valence electrons. The second-order valence-electron chi connectivity index (χ2n) is 12.7. The van der Waals surface area contributed by atoms with Gasteiger partial charge in [0.1, 0.15) is 6.10 Å². The number of hydrogen-bond acceptors (Lipinski definition) is 8. The van der Waals surface area contributed by atoms with Crippen molar-refractivity contribution in [2.45, 2.75) is 122 Å². The molecule has 0 aromatic heterocycles. The number of phenols is 2. The molecule has 1 heterocycles. The van der Waals surface area contributed by atoms with Gasteiger partial charge in [0.05, 0.1) is 26.7 Å². The zero-order valence-electron chi connectivity index (χ0n) is 28.3. The maximum atomic E-state index is 13.1. The summed E-state index contributed by atoms with van der Waals surface area (Å²) in [4.78, 5) is 26.1. The van der Waals surface area contributed by atoms with Crippen molar-refractivity contribution in [3.05, 3.63) is 47.5 Å². The standard InChI is InChI=1S/C38H56O8/c1-4-5-6-7-8-9-10-11-12-13-14-15-16-17-18-19-36(41)46-37(29-21-23-33(40)35(26-29)44-3)31-27-45-38(42)30(31)24-28-20-22-32(39)34(25-28)43-2/h20-23,25-26,30-31,37,39-40H,4-19,24,27H2,1-3H3/t30-,31+,37-/m1/s1. The molecular formula is C38H56O8. The summed E-state index contributed by atoms with van der Waals surface area (Å²) in [6.45, 7) is 2.36. The smallest absolute Gasteiger partial charge is 0.309 e. The van der Waals surface area contributed by atoms with E-state index in [0.29, 0.717) is 24.2 Å². The average molecular weight is 641 g/mol. The van der Waals surface area contributed by atoms with Gasteiger partial charge in [-0.2, -0.15) is 0 Å². The summed E-state index contributed by atoms with van der Waals surface area (Å²) in [5, 5.41) is 20.2. The molecule has 1 aliphatic heterocycles. The third-order valence-electron chi connectivity index (χ3n) is 9.10. The Bertz CT molecular complexity index is 1200. The molecule has 2 aromatic carbocycles. The van der Waals surface area contributed by atoms with Gasteiger partial charge in [0.25, 0.3) is 0 Å². The Balaban J connectivity index is 1.49. The minimum absolute atomic E-state index is 0.0126. The Morgan fingerprint density at radius 3 is 1.87 bits per heavy atom. The van der Waals surface area contributed by atoms with Crippen LogP contribution in [0.4, 0.5) is 0 Å². The van der Waals surface area contributed by atoms with Gasteiger partial charge in [-0.3, -0.25) is 9.59 Å². The number of carbonyl (C=O) groups excluding carboxylic acids is 2.